The minimum absolute atomic E-state index is 0.510. The Balaban J connectivity index is 1.25. The van der Waals surface area contributed by atoms with E-state index in [2.05, 4.69) is 42.2 Å². The predicted octanol–water partition coefficient (Wildman–Crippen LogP) is 7.69. The summed E-state index contributed by atoms with van der Waals surface area (Å²) in [6.07, 6.45) is 20.4. The zero-order valence-corrected chi connectivity index (χ0v) is 19.0. The highest BCUT2D eigenvalue weighted by Crippen LogP contribution is 2.57. The van der Waals surface area contributed by atoms with Crippen LogP contribution in [-0.2, 0) is 0 Å². The molecule has 5 fully saturated rings. The molecule has 0 atom stereocenters. The van der Waals surface area contributed by atoms with Gasteiger partial charge in [0.2, 0.25) is 0 Å². The minimum Gasteiger partial charge on any atom is -0.294 e. The highest BCUT2D eigenvalue weighted by atomic mass is 35.5. The second-order valence-electron chi connectivity index (χ2n) is 10.7. The van der Waals surface area contributed by atoms with E-state index in [-0.39, 0.29) is 0 Å². The zero-order chi connectivity index (χ0) is 19.8. The summed E-state index contributed by atoms with van der Waals surface area (Å²) in [5, 5.41) is 0.979. The van der Waals surface area contributed by atoms with Gasteiger partial charge in [0.1, 0.15) is 0 Å². The summed E-state index contributed by atoms with van der Waals surface area (Å²) in [6, 6.07) is 6.78. The topological polar surface area (TPSA) is 3.24 Å². The molecule has 0 radical (unpaired) electrons. The number of halogens is 1. The van der Waals surface area contributed by atoms with E-state index in [4.69, 9.17) is 11.6 Å². The fraction of sp³-hybridized carbons (Fsp3) is 0.704. The van der Waals surface area contributed by atoms with Crippen LogP contribution in [0.1, 0.15) is 94.6 Å². The van der Waals surface area contributed by atoms with Crippen LogP contribution in [0.5, 0.6) is 0 Å². The molecule has 5 saturated carbocycles. The first-order chi connectivity index (χ1) is 14.1. The number of likely N-dealkylation sites (N-methyl/N-ethyl adjacent to an activating group) is 1. The standard InChI is InChI=1S/C27H38ClN/c1-2-29(27-17-21-13-22(18-27)15-23(14-21)19-27)12-6-7-20-10-11-25(26(28)16-20)24-8-4-3-5-9-24/h6-7,10-11,16,21-24H,2-5,8-9,12-15,17-19H2,1H3/b7-6-. The largest absolute Gasteiger partial charge is 0.294 e. The first-order valence-corrected chi connectivity index (χ1v) is 12.7. The molecule has 6 rings (SSSR count). The highest BCUT2D eigenvalue weighted by molar-refractivity contribution is 6.31. The van der Waals surface area contributed by atoms with Gasteiger partial charge in [0.05, 0.1) is 0 Å². The van der Waals surface area contributed by atoms with Gasteiger partial charge in [-0.1, -0.05) is 62.1 Å². The van der Waals surface area contributed by atoms with E-state index in [1.807, 2.05) is 0 Å². The molecule has 158 valence electrons. The summed E-state index contributed by atoms with van der Waals surface area (Å²) >= 11 is 6.70. The van der Waals surface area contributed by atoms with Gasteiger partial charge >= 0.3 is 0 Å². The monoisotopic (exact) mass is 411 g/mol. The molecule has 2 heteroatoms. The van der Waals surface area contributed by atoms with Crippen LogP contribution in [0.2, 0.25) is 5.02 Å². The number of benzene rings is 1. The van der Waals surface area contributed by atoms with Gasteiger partial charge in [-0.05, 0) is 98.8 Å². The molecule has 1 aromatic rings. The van der Waals surface area contributed by atoms with E-state index in [1.54, 1.807) is 0 Å². The van der Waals surface area contributed by atoms with Gasteiger partial charge in [0.25, 0.3) is 0 Å². The van der Waals surface area contributed by atoms with Crippen molar-refractivity contribution in [2.75, 3.05) is 13.1 Å². The molecule has 0 heterocycles. The van der Waals surface area contributed by atoms with Gasteiger partial charge in [0, 0.05) is 17.1 Å². The molecule has 0 aromatic heterocycles. The average molecular weight is 412 g/mol. The Morgan fingerprint density at radius 3 is 2.24 bits per heavy atom. The van der Waals surface area contributed by atoms with Crippen LogP contribution in [0.15, 0.2) is 24.3 Å². The molecular weight excluding hydrogens is 374 g/mol. The van der Waals surface area contributed by atoms with Crippen molar-refractivity contribution in [1.82, 2.24) is 4.90 Å². The van der Waals surface area contributed by atoms with Crippen LogP contribution < -0.4 is 0 Å². The van der Waals surface area contributed by atoms with Crippen LogP contribution in [-0.4, -0.2) is 23.5 Å². The van der Waals surface area contributed by atoms with Gasteiger partial charge in [-0.2, -0.15) is 0 Å². The molecule has 0 amide bonds. The first kappa shape index (κ1) is 20.1. The van der Waals surface area contributed by atoms with Crippen LogP contribution in [0, 0.1) is 17.8 Å². The quantitative estimate of drug-likeness (QED) is 0.463. The third kappa shape index (κ3) is 4.07. The Bertz CT molecular complexity index is 710. The van der Waals surface area contributed by atoms with E-state index in [1.165, 1.54) is 88.3 Å². The summed E-state index contributed by atoms with van der Waals surface area (Å²) in [6.45, 7) is 4.63. The van der Waals surface area contributed by atoms with E-state index < -0.39 is 0 Å². The Hall–Kier alpha value is -0.790. The molecule has 1 nitrogen and oxygen atoms in total. The first-order valence-electron chi connectivity index (χ1n) is 12.4. The third-order valence-electron chi connectivity index (χ3n) is 8.76. The van der Waals surface area contributed by atoms with Crippen LogP contribution in [0.4, 0.5) is 0 Å². The maximum absolute atomic E-state index is 6.70. The van der Waals surface area contributed by atoms with Gasteiger partial charge in [-0.15, -0.1) is 0 Å². The van der Waals surface area contributed by atoms with Crippen molar-refractivity contribution in [2.45, 2.75) is 89.0 Å². The van der Waals surface area contributed by atoms with Crippen molar-refractivity contribution in [3.05, 3.63) is 40.4 Å². The van der Waals surface area contributed by atoms with E-state index in [0.717, 1.165) is 29.3 Å². The number of rotatable bonds is 6. The van der Waals surface area contributed by atoms with Gasteiger partial charge in [0.15, 0.2) is 0 Å². The molecule has 1 aromatic carbocycles. The Kier molecular flexibility index (Phi) is 5.82. The van der Waals surface area contributed by atoms with Crippen molar-refractivity contribution in [3.63, 3.8) is 0 Å². The normalized spacial score (nSPS) is 34.5. The second-order valence-corrected chi connectivity index (χ2v) is 11.1. The molecular formula is C27H38ClN. The molecule has 0 unspecified atom stereocenters. The van der Waals surface area contributed by atoms with E-state index in [9.17, 15) is 0 Å². The van der Waals surface area contributed by atoms with Crippen molar-refractivity contribution in [1.29, 1.82) is 0 Å². The molecule has 0 aliphatic heterocycles. The van der Waals surface area contributed by atoms with Crippen molar-refractivity contribution < 1.29 is 0 Å². The molecule has 5 aliphatic carbocycles. The molecule has 0 spiro atoms. The SMILES string of the molecule is CCN(C/C=C\c1ccc(C2CCCCC2)c(Cl)c1)C12CC3CC(CC(C3)C1)C2. The molecule has 4 bridgehead atoms. The fourth-order valence-electron chi connectivity index (χ4n) is 7.82. The highest BCUT2D eigenvalue weighted by Gasteiger charge is 2.52. The zero-order valence-electron chi connectivity index (χ0n) is 18.2. The smallest absolute Gasteiger partial charge is 0.0446 e. The Morgan fingerprint density at radius 2 is 1.66 bits per heavy atom. The lowest BCUT2D eigenvalue weighted by Crippen LogP contribution is -2.59. The average Bonchev–Trinajstić information content (AvgIpc) is 2.71. The lowest BCUT2D eigenvalue weighted by Gasteiger charge is -2.60. The maximum Gasteiger partial charge on any atom is 0.0446 e. The number of nitrogens with zero attached hydrogens (tertiary/aromatic N) is 1. The predicted molar refractivity (Wildman–Crippen MR) is 124 cm³/mol. The summed E-state index contributed by atoms with van der Waals surface area (Å²) in [7, 11) is 0. The van der Waals surface area contributed by atoms with Crippen LogP contribution in [0.3, 0.4) is 0 Å². The summed E-state index contributed by atoms with van der Waals surface area (Å²) < 4.78 is 0. The summed E-state index contributed by atoms with van der Waals surface area (Å²) in [5.74, 6) is 3.74. The summed E-state index contributed by atoms with van der Waals surface area (Å²) in [5.41, 5.74) is 3.15. The number of hydrogen-bond donors (Lipinski definition) is 0. The van der Waals surface area contributed by atoms with E-state index >= 15 is 0 Å². The Labute approximate surface area is 182 Å². The third-order valence-corrected chi connectivity index (χ3v) is 9.09. The van der Waals surface area contributed by atoms with E-state index in [0.29, 0.717) is 11.5 Å². The Morgan fingerprint density at radius 1 is 1.00 bits per heavy atom. The fourth-order valence-corrected chi connectivity index (χ4v) is 8.16. The van der Waals surface area contributed by atoms with Crippen LogP contribution in [0.25, 0.3) is 6.08 Å². The minimum atomic E-state index is 0.510. The van der Waals surface area contributed by atoms with Crippen molar-refractivity contribution in [3.8, 4) is 0 Å². The second kappa shape index (κ2) is 8.39. The molecule has 29 heavy (non-hydrogen) atoms. The lowest BCUT2D eigenvalue weighted by atomic mass is 9.52. The lowest BCUT2D eigenvalue weighted by molar-refractivity contribution is -0.0828. The van der Waals surface area contributed by atoms with Gasteiger partial charge in [-0.3, -0.25) is 4.90 Å². The van der Waals surface area contributed by atoms with Crippen molar-refractivity contribution in [2.24, 2.45) is 17.8 Å². The molecule has 0 saturated heterocycles. The molecule has 0 N–H and O–H groups in total. The summed E-state index contributed by atoms with van der Waals surface area (Å²) in [4.78, 5) is 2.81. The molecule has 5 aliphatic rings. The number of hydrogen-bond acceptors (Lipinski definition) is 1. The van der Waals surface area contributed by atoms with Gasteiger partial charge < -0.3 is 0 Å². The van der Waals surface area contributed by atoms with Crippen LogP contribution >= 0.6 is 11.6 Å². The van der Waals surface area contributed by atoms with Gasteiger partial charge in [-0.25, -0.2) is 0 Å². The van der Waals surface area contributed by atoms with Crippen molar-refractivity contribution >= 4 is 17.7 Å². The maximum atomic E-state index is 6.70.